The summed E-state index contributed by atoms with van der Waals surface area (Å²) < 4.78 is 5.40. The number of rotatable bonds is 5. The highest BCUT2D eigenvalue weighted by Crippen LogP contribution is 2.23. The maximum Gasteiger partial charge on any atom is 0.179 e. The fourth-order valence-electron chi connectivity index (χ4n) is 1.36. The third kappa shape index (κ3) is 3.06. The van der Waals surface area contributed by atoms with Crippen LogP contribution in [0.4, 0.5) is 0 Å². The first-order chi connectivity index (χ1) is 7.60. The van der Waals surface area contributed by atoms with E-state index < -0.39 is 0 Å². The maximum atomic E-state index is 11.9. The monoisotopic (exact) mass is 286 g/mol. The molecule has 0 amide bonds. The molecule has 0 saturated carbocycles. The minimum atomic E-state index is -0.244. The van der Waals surface area contributed by atoms with E-state index in [1.54, 1.807) is 25.1 Å². The molecule has 0 saturated heterocycles. The molecule has 1 unspecified atom stereocenters. The highest BCUT2D eigenvalue weighted by molar-refractivity contribution is 9.10. The molecule has 4 heteroatoms. The molecule has 0 fully saturated rings. The molecular formula is C12H15BrO3. The van der Waals surface area contributed by atoms with Gasteiger partial charge >= 0.3 is 0 Å². The molecule has 1 N–H and O–H groups in total. The van der Waals surface area contributed by atoms with Crippen LogP contribution in [-0.4, -0.2) is 22.3 Å². The van der Waals surface area contributed by atoms with Gasteiger partial charge in [-0.05, 0) is 31.5 Å². The second kappa shape index (κ2) is 6.01. The van der Waals surface area contributed by atoms with Crippen molar-refractivity contribution in [1.82, 2.24) is 0 Å². The highest BCUT2D eigenvalue weighted by atomic mass is 79.9. The van der Waals surface area contributed by atoms with Gasteiger partial charge in [0.2, 0.25) is 0 Å². The van der Waals surface area contributed by atoms with Gasteiger partial charge in [-0.3, -0.25) is 4.79 Å². The van der Waals surface area contributed by atoms with Gasteiger partial charge in [-0.25, -0.2) is 0 Å². The van der Waals surface area contributed by atoms with Crippen molar-refractivity contribution in [2.24, 2.45) is 0 Å². The first-order valence-corrected chi connectivity index (χ1v) is 6.06. The van der Waals surface area contributed by atoms with E-state index in [2.05, 4.69) is 15.9 Å². The number of benzene rings is 1. The van der Waals surface area contributed by atoms with Crippen LogP contribution < -0.4 is 4.74 Å². The first kappa shape index (κ1) is 13.2. The number of aliphatic hydroxyl groups is 1. The molecular weight excluding hydrogens is 272 g/mol. The number of Topliss-reactive ketones (excluding diaryl/α,β-unsaturated/α-hetero) is 1. The van der Waals surface area contributed by atoms with Gasteiger partial charge in [0.15, 0.2) is 5.78 Å². The molecule has 0 aliphatic carbocycles. The summed E-state index contributed by atoms with van der Waals surface area (Å²) in [6.07, 6.45) is 0. The summed E-state index contributed by atoms with van der Waals surface area (Å²) in [5.41, 5.74) is 1.28. The summed E-state index contributed by atoms with van der Waals surface area (Å²) in [4.78, 5) is 11.6. The molecule has 3 nitrogen and oxygen atoms in total. The van der Waals surface area contributed by atoms with Gasteiger partial charge in [0.05, 0.1) is 23.6 Å². The third-order valence-corrected chi connectivity index (χ3v) is 2.57. The summed E-state index contributed by atoms with van der Waals surface area (Å²) in [5, 5.41) is 9.02. The molecule has 88 valence electrons. The molecule has 0 aromatic heterocycles. The van der Waals surface area contributed by atoms with Gasteiger partial charge in [-0.2, -0.15) is 0 Å². The quantitative estimate of drug-likeness (QED) is 0.668. The summed E-state index contributed by atoms with van der Waals surface area (Å²) >= 11 is 3.24. The predicted molar refractivity (Wildman–Crippen MR) is 66.3 cm³/mol. The molecule has 0 aliphatic heterocycles. The average molecular weight is 287 g/mol. The fraction of sp³-hybridized carbons (Fsp3) is 0.417. The van der Waals surface area contributed by atoms with Crippen molar-refractivity contribution in [3.63, 3.8) is 0 Å². The number of hydrogen-bond acceptors (Lipinski definition) is 3. The minimum Gasteiger partial charge on any atom is -0.493 e. The number of ether oxygens (including phenoxy) is 1. The van der Waals surface area contributed by atoms with Crippen LogP contribution in [0.3, 0.4) is 0 Å². The Balaban J connectivity index is 3.12. The lowest BCUT2D eigenvalue weighted by Gasteiger charge is -2.11. The van der Waals surface area contributed by atoms with Gasteiger partial charge in [-0.1, -0.05) is 22.0 Å². The second-order valence-corrected chi connectivity index (χ2v) is 4.78. The highest BCUT2D eigenvalue weighted by Gasteiger charge is 2.17. The van der Waals surface area contributed by atoms with Gasteiger partial charge in [0.25, 0.3) is 0 Å². The zero-order valence-corrected chi connectivity index (χ0v) is 11.0. The zero-order chi connectivity index (χ0) is 12.1. The van der Waals surface area contributed by atoms with E-state index in [1.807, 2.05) is 6.92 Å². The van der Waals surface area contributed by atoms with Crippen LogP contribution in [0.5, 0.6) is 5.75 Å². The van der Waals surface area contributed by atoms with E-state index in [0.29, 0.717) is 17.9 Å². The summed E-state index contributed by atoms with van der Waals surface area (Å²) in [7, 11) is 0. The lowest BCUT2D eigenvalue weighted by atomic mass is 10.1. The van der Waals surface area contributed by atoms with Gasteiger partial charge in [-0.15, -0.1) is 0 Å². The van der Waals surface area contributed by atoms with Crippen LogP contribution in [0.25, 0.3) is 0 Å². The minimum absolute atomic E-state index is 0.0204. The number of aliphatic hydroxyl groups excluding tert-OH is 1. The largest absolute Gasteiger partial charge is 0.493 e. The topological polar surface area (TPSA) is 46.5 Å². The van der Waals surface area contributed by atoms with Crippen LogP contribution in [0.1, 0.15) is 29.8 Å². The Hall–Kier alpha value is -0.870. The zero-order valence-electron chi connectivity index (χ0n) is 9.37. The molecule has 0 radical (unpaired) electrons. The van der Waals surface area contributed by atoms with E-state index >= 15 is 0 Å². The Morgan fingerprint density at radius 1 is 1.56 bits per heavy atom. The Kier molecular flexibility index (Phi) is 4.96. The number of carbonyl (C=O) groups excluding carboxylic acids is 1. The average Bonchev–Trinajstić information content (AvgIpc) is 2.28. The number of halogens is 1. The van der Waals surface area contributed by atoms with Gasteiger partial charge < -0.3 is 9.84 Å². The van der Waals surface area contributed by atoms with E-state index in [1.165, 1.54) is 0 Å². The Morgan fingerprint density at radius 2 is 2.25 bits per heavy atom. The molecule has 1 aromatic rings. The lowest BCUT2D eigenvalue weighted by Crippen LogP contribution is -2.12. The van der Waals surface area contributed by atoms with E-state index in [0.717, 1.165) is 5.56 Å². The molecule has 0 spiro atoms. The van der Waals surface area contributed by atoms with Gasteiger partial charge in [0.1, 0.15) is 5.75 Å². The molecule has 1 atom stereocenters. The first-order valence-electron chi connectivity index (χ1n) is 5.15. The van der Waals surface area contributed by atoms with Crippen LogP contribution in [0.15, 0.2) is 18.2 Å². The smallest absolute Gasteiger partial charge is 0.179 e. The number of alkyl halides is 1. The third-order valence-electron chi connectivity index (χ3n) is 2.16. The van der Waals surface area contributed by atoms with Crippen molar-refractivity contribution in [2.45, 2.75) is 25.3 Å². The van der Waals surface area contributed by atoms with E-state index in [9.17, 15) is 4.79 Å². The van der Waals surface area contributed by atoms with Crippen molar-refractivity contribution in [1.29, 1.82) is 0 Å². The SMILES string of the molecule is CCOc1cc(CO)ccc1C(=O)C(C)Br. The Labute approximate surface area is 104 Å². The van der Waals surface area contributed by atoms with E-state index in [-0.39, 0.29) is 17.2 Å². The molecule has 0 bridgehead atoms. The summed E-state index contributed by atoms with van der Waals surface area (Å²) in [6.45, 7) is 4.07. The molecule has 0 aliphatic rings. The van der Waals surface area contributed by atoms with Crippen molar-refractivity contribution in [2.75, 3.05) is 6.61 Å². The Morgan fingerprint density at radius 3 is 2.75 bits per heavy atom. The normalized spacial score (nSPS) is 12.2. The van der Waals surface area contributed by atoms with E-state index in [4.69, 9.17) is 9.84 Å². The molecule has 1 aromatic carbocycles. The standard InChI is InChI=1S/C12H15BrO3/c1-3-16-11-6-9(7-14)4-5-10(11)12(15)8(2)13/h4-6,8,14H,3,7H2,1-2H3. The number of hydrogen-bond donors (Lipinski definition) is 1. The van der Waals surface area contributed by atoms with Crippen molar-refractivity contribution in [3.8, 4) is 5.75 Å². The number of carbonyl (C=O) groups is 1. The molecule has 1 rings (SSSR count). The van der Waals surface area contributed by atoms with Crippen LogP contribution >= 0.6 is 15.9 Å². The lowest BCUT2D eigenvalue weighted by molar-refractivity contribution is 0.0992. The predicted octanol–water partition coefficient (Wildman–Crippen LogP) is 2.54. The molecule has 0 heterocycles. The fourth-order valence-corrected chi connectivity index (χ4v) is 1.60. The van der Waals surface area contributed by atoms with Crippen LogP contribution in [0.2, 0.25) is 0 Å². The Bertz CT molecular complexity index is 375. The van der Waals surface area contributed by atoms with Crippen LogP contribution in [-0.2, 0) is 6.61 Å². The number of ketones is 1. The summed E-state index contributed by atoms with van der Waals surface area (Å²) in [5.74, 6) is 0.512. The second-order valence-electron chi connectivity index (χ2n) is 3.40. The van der Waals surface area contributed by atoms with Gasteiger partial charge in [0, 0.05) is 0 Å². The van der Waals surface area contributed by atoms with Crippen molar-refractivity contribution >= 4 is 21.7 Å². The van der Waals surface area contributed by atoms with Crippen molar-refractivity contribution < 1.29 is 14.6 Å². The van der Waals surface area contributed by atoms with Crippen molar-refractivity contribution in [3.05, 3.63) is 29.3 Å². The van der Waals surface area contributed by atoms with Crippen LogP contribution in [0, 0.1) is 0 Å². The maximum absolute atomic E-state index is 11.9. The summed E-state index contributed by atoms with van der Waals surface area (Å²) in [6, 6.07) is 5.12. The molecule has 16 heavy (non-hydrogen) atoms.